The van der Waals surface area contributed by atoms with Gasteiger partial charge in [0.25, 0.3) is 0 Å². The summed E-state index contributed by atoms with van der Waals surface area (Å²) in [6.45, 7) is 9.86. The molecule has 0 aromatic rings. The maximum atomic E-state index is 2.58. The van der Waals surface area contributed by atoms with Crippen LogP contribution in [0.2, 0.25) is 0 Å². The van der Waals surface area contributed by atoms with Gasteiger partial charge in [-0.3, -0.25) is 0 Å². The van der Waals surface area contributed by atoms with E-state index in [4.69, 9.17) is 0 Å². The molecule has 0 heteroatoms. The summed E-state index contributed by atoms with van der Waals surface area (Å²) in [6, 6.07) is 0. The van der Waals surface area contributed by atoms with Crippen LogP contribution < -0.4 is 0 Å². The van der Waals surface area contributed by atoms with Gasteiger partial charge in [0.2, 0.25) is 0 Å². The Bertz CT molecular complexity index is 413. The minimum atomic E-state index is 0.700. The fourth-order valence-corrected chi connectivity index (χ4v) is 7.16. The first-order chi connectivity index (χ1) is 12.9. The van der Waals surface area contributed by atoms with Gasteiger partial charge in [-0.1, -0.05) is 85.5 Å². The molecule has 0 aliphatic heterocycles. The highest BCUT2D eigenvalue weighted by molar-refractivity contribution is 5.01. The Balaban J connectivity index is 0.000000156. The summed E-state index contributed by atoms with van der Waals surface area (Å²) in [5, 5.41) is 0. The zero-order chi connectivity index (χ0) is 19.3. The van der Waals surface area contributed by atoms with Gasteiger partial charge < -0.3 is 0 Å². The van der Waals surface area contributed by atoms with Crippen LogP contribution in [-0.2, 0) is 0 Å². The van der Waals surface area contributed by atoms with Crippen LogP contribution in [0.5, 0.6) is 0 Å². The smallest absolute Gasteiger partial charge is 0.0297 e. The zero-order valence-corrected chi connectivity index (χ0v) is 19.3. The molecule has 4 saturated carbocycles. The van der Waals surface area contributed by atoms with Crippen LogP contribution in [0.15, 0.2) is 0 Å². The molecule has 0 saturated heterocycles. The molecule has 0 aromatic carbocycles. The van der Waals surface area contributed by atoms with Crippen LogP contribution in [0.3, 0.4) is 0 Å². The highest BCUT2D eigenvalue weighted by Crippen LogP contribution is 2.61. The molecule has 158 valence electrons. The van der Waals surface area contributed by atoms with Gasteiger partial charge >= 0.3 is 0 Å². The van der Waals surface area contributed by atoms with Crippen LogP contribution in [-0.4, -0.2) is 0 Å². The van der Waals surface area contributed by atoms with E-state index >= 15 is 0 Å². The first kappa shape index (κ1) is 21.7. The van der Waals surface area contributed by atoms with Crippen molar-refractivity contribution < 1.29 is 0 Å². The minimum absolute atomic E-state index is 0.700. The standard InChI is InChI=1S/C14H28.C13H22/c1-4-5-9-13(2)12-14(3)10-7-6-8-11-14;1-13(5-3-2-4-6-13)12-8-10-7-11(10)9-12/h13H,4-12H2,1-3H3;10-12H,2-9H2,1H3. The molecule has 4 fully saturated rings. The third-order valence-corrected chi connectivity index (χ3v) is 9.18. The lowest BCUT2D eigenvalue weighted by Crippen LogP contribution is -2.29. The molecule has 4 aliphatic carbocycles. The first-order valence-corrected chi connectivity index (χ1v) is 12.9. The minimum Gasteiger partial charge on any atom is -0.0654 e. The highest BCUT2D eigenvalue weighted by atomic mass is 14.6. The number of unbranched alkanes of at least 4 members (excludes halogenated alkanes) is 1. The van der Waals surface area contributed by atoms with Gasteiger partial charge in [0.05, 0.1) is 0 Å². The molecule has 3 atom stereocenters. The zero-order valence-electron chi connectivity index (χ0n) is 19.3. The molecule has 0 bridgehead atoms. The van der Waals surface area contributed by atoms with Crippen LogP contribution in [0.4, 0.5) is 0 Å². The van der Waals surface area contributed by atoms with E-state index in [1.165, 1.54) is 102 Å². The van der Waals surface area contributed by atoms with Crippen molar-refractivity contribution in [3.05, 3.63) is 0 Å². The number of hydrogen-bond donors (Lipinski definition) is 0. The monoisotopic (exact) mass is 374 g/mol. The van der Waals surface area contributed by atoms with Gasteiger partial charge in [-0.05, 0) is 85.9 Å². The molecule has 0 aromatic heterocycles. The topological polar surface area (TPSA) is 0 Å². The third kappa shape index (κ3) is 6.24. The predicted octanol–water partition coefficient (Wildman–Crippen LogP) is 9.18. The Kier molecular flexibility index (Phi) is 7.77. The first-order valence-electron chi connectivity index (χ1n) is 12.9. The molecule has 0 radical (unpaired) electrons. The molecule has 0 nitrogen and oxygen atoms in total. The van der Waals surface area contributed by atoms with Gasteiger partial charge in [-0.2, -0.15) is 0 Å². The Morgan fingerprint density at radius 1 is 0.778 bits per heavy atom. The quantitative estimate of drug-likeness (QED) is 0.434. The summed E-state index contributed by atoms with van der Waals surface area (Å²) in [5.74, 6) is 4.45. The van der Waals surface area contributed by atoms with Crippen molar-refractivity contribution in [3.8, 4) is 0 Å². The van der Waals surface area contributed by atoms with Gasteiger partial charge in [-0.25, -0.2) is 0 Å². The van der Waals surface area contributed by atoms with E-state index in [9.17, 15) is 0 Å². The van der Waals surface area contributed by atoms with Gasteiger partial charge in [-0.15, -0.1) is 0 Å². The average Bonchev–Trinajstić information content (AvgIpc) is 3.26. The molecular formula is C27H50. The largest absolute Gasteiger partial charge is 0.0654 e. The predicted molar refractivity (Wildman–Crippen MR) is 120 cm³/mol. The van der Waals surface area contributed by atoms with Crippen molar-refractivity contribution in [1.29, 1.82) is 0 Å². The van der Waals surface area contributed by atoms with Crippen LogP contribution in [0, 0.1) is 34.5 Å². The van der Waals surface area contributed by atoms with Crippen LogP contribution in [0.25, 0.3) is 0 Å². The van der Waals surface area contributed by atoms with Gasteiger partial charge in [0.15, 0.2) is 0 Å². The Morgan fingerprint density at radius 3 is 1.89 bits per heavy atom. The maximum absolute atomic E-state index is 2.58. The third-order valence-electron chi connectivity index (χ3n) is 9.18. The van der Waals surface area contributed by atoms with Crippen LogP contribution >= 0.6 is 0 Å². The number of fused-ring (bicyclic) bond motifs is 1. The number of hydrogen-bond acceptors (Lipinski definition) is 0. The van der Waals surface area contributed by atoms with Crippen LogP contribution in [0.1, 0.15) is 137 Å². The highest BCUT2D eigenvalue weighted by Gasteiger charge is 2.51. The summed E-state index contributed by atoms with van der Waals surface area (Å²) in [4.78, 5) is 0. The fraction of sp³-hybridized carbons (Fsp3) is 1.00. The van der Waals surface area contributed by atoms with Crippen molar-refractivity contribution in [2.75, 3.05) is 0 Å². The lowest BCUT2D eigenvalue weighted by Gasteiger charge is -2.40. The Labute approximate surface area is 171 Å². The molecule has 4 aliphatic rings. The van der Waals surface area contributed by atoms with Gasteiger partial charge in [0, 0.05) is 0 Å². The summed E-state index contributed by atoms with van der Waals surface area (Å²) in [5.41, 5.74) is 1.47. The van der Waals surface area contributed by atoms with Crippen molar-refractivity contribution in [2.24, 2.45) is 34.5 Å². The summed E-state index contributed by atoms with van der Waals surface area (Å²) >= 11 is 0. The van der Waals surface area contributed by atoms with Gasteiger partial charge in [0.1, 0.15) is 0 Å². The van der Waals surface area contributed by atoms with E-state index in [1.807, 2.05) is 0 Å². The molecule has 4 rings (SSSR count). The molecule has 0 spiro atoms. The SMILES string of the molecule is CC1(C2CC3CC3C2)CCCCC1.CCCCC(C)CC1(C)CCCCC1. The lowest BCUT2D eigenvalue weighted by atomic mass is 9.66. The molecule has 27 heavy (non-hydrogen) atoms. The normalized spacial score (nSPS) is 34.9. The van der Waals surface area contributed by atoms with E-state index in [-0.39, 0.29) is 0 Å². The maximum Gasteiger partial charge on any atom is -0.0297 e. The van der Waals surface area contributed by atoms with Crippen molar-refractivity contribution in [3.63, 3.8) is 0 Å². The molecule has 0 heterocycles. The summed E-state index contributed by atoms with van der Waals surface area (Å²) in [6.07, 6.45) is 25.6. The second-order valence-corrected chi connectivity index (χ2v) is 12.0. The molecule has 0 N–H and O–H groups in total. The second kappa shape index (κ2) is 9.67. The summed E-state index contributed by atoms with van der Waals surface area (Å²) < 4.78 is 0. The van der Waals surface area contributed by atoms with E-state index in [0.29, 0.717) is 5.41 Å². The lowest BCUT2D eigenvalue weighted by molar-refractivity contribution is 0.113. The Hall–Kier alpha value is 0. The fourth-order valence-electron chi connectivity index (χ4n) is 7.16. The van der Waals surface area contributed by atoms with Crippen molar-refractivity contribution in [1.82, 2.24) is 0 Å². The van der Waals surface area contributed by atoms with E-state index in [2.05, 4.69) is 27.7 Å². The van der Waals surface area contributed by atoms with E-state index in [1.54, 1.807) is 19.3 Å². The molecule has 0 amide bonds. The van der Waals surface area contributed by atoms with Crippen molar-refractivity contribution >= 4 is 0 Å². The number of rotatable bonds is 6. The average molecular weight is 375 g/mol. The van der Waals surface area contributed by atoms with E-state index in [0.717, 1.165) is 17.3 Å². The molecular weight excluding hydrogens is 324 g/mol. The van der Waals surface area contributed by atoms with E-state index < -0.39 is 0 Å². The second-order valence-electron chi connectivity index (χ2n) is 12.0. The molecule has 3 unspecified atom stereocenters. The summed E-state index contributed by atoms with van der Waals surface area (Å²) in [7, 11) is 0. The Morgan fingerprint density at radius 2 is 1.33 bits per heavy atom. The van der Waals surface area contributed by atoms with Crippen molar-refractivity contribution in [2.45, 2.75) is 137 Å².